The Morgan fingerprint density at radius 1 is 1.33 bits per heavy atom. The Morgan fingerprint density at radius 3 is 2.62 bits per heavy atom. The molecule has 120 valence electrons. The van der Waals surface area contributed by atoms with E-state index in [1.165, 1.54) is 0 Å². The molecule has 0 atom stereocenters. The minimum Gasteiger partial charge on any atom is -0.312 e. The zero-order valence-corrected chi connectivity index (χ0v) is 14.8. The number of rotatable bonds is 9. The monoisotopic (exact) mass is 330 g/mol. The van der Waals surface area contributed by atoms with Crippen molar-refractivity contribution in [2.75, 3.05) is 13.1 Å². The predicted molar refractivity (Wildman–Crippen MR) is 88.2 cm³/mol. The van der Waals surface area contributed by atoms with E-state index in [0.717, 1.165) is 48.5 Å². The molecule has 2 N–H and O–H groups in total. The molecule has 0 aliphatic heterocycles. The van der Waals surface area contributed by atoms with Gasteiger partial charge in [-0.2, -0.15) is 0 Å². The Kier molecular flexibility index (Phi) is 5.46. The van der Waals surface area contributed by atoms with Gasteiger partial charge >= 0.3 is 0 Å². The van der Waals surface area contributed by atoms with Crippen molar-refractivity contribution in [2.24, 2.45) is 5.41 Å². The third-order valence-electron chi connectivity index (χ3n) is 4.28. The maximum absolute atomic E-state index is 12.5. The quantitative estimate of drug-likeness (QED) is 0.684. The zero-order chi connectivity index (χ0) is 15.5. The smallest absolute Gasteiger partial charge is 0.241 e. The number of aryl methyl sites for hydroxylation is 1. The van der Waals surface area contributed by atoms with E-state index in [1.807, 2.05) is 13.0 Å². The number of nitrogens with one attached hydrogen (secondary N) is 2. The van der Waals surface area contributed by atoms with Crippen LogP contribution in [0.3, 0.4) is 0 Å². The lowest BCUT2D eigenvalue weighted by molar-refractivity contribution is 0.475. The third kappa shape index (κ3) is 4.28. The van der Waals surface area contributed by atoms with Gasteiger partial charge in [0.15, 0.2) is 0 Å². The second kappa shape index (κ2) is 6.77. The fourth-order valence-corrected chi connectivity index (χ4v) is 5.18. The van der Waals surface area contributed by atoms with Crippen molar-refractivity contribution in [3.63, 3.8) is 0 Å². The van der Waals surface area contributed by atoms with Crippen LogP contribution in [0.25, 0.3) is 0 Å². The second-order valence-corrected chi connectivity index (χ2v) is 9.06. The molecule has 0 aromatic carbocycles. The molecule has 0 bridgehead atoms. The Morgan fingerprint density at radius 2 is 2.05 bits per heavy atom. The van der Waals surface area contributed by atoms with Gasteiger partial charge in [-0.1, -0.05) is 13.8 Å². The first kappa shape index (κ1) is 16.9. The Hall–Kier alpha value is -0.430. The minimum atomic E-state index is -3.37. The summed E-state index contributed by atoms with van der Waals surface area (Å²) in [6.45, 7) is 8.41. The summed E-state index contributed by atoms with van der Waals surface area (Å²) in [5.74, 6) is 0. The summed E-state index contributed by atoms with van der Waals surface area (Å²) in [7, 11) is -3.37. The van der Waals surface area contributed by atoms with Gasteiger partial charge in [0.2, 0.25) is 10.0 Å². The van der Waals surface area contributed by atoms with Crippen LogP contribution >= 0.6 is 11.3 Å². The molecule has 1 aliphatic rings. The van der Waals surface area contributed by atoms with E-state index >= 15 is 0 Å². The highest BCUT2D eigenvalue weighted by molar-refractivity contribution is 7.89. The summed E-state index contributed by atoms with van der Waals surface area (Å²) in [4.78, 5) is 2.41. The number of hydrogen-bond acceptors (Lipinski definition) is 4. The number of thiophene rings is 1. The molecule has 6 heteroatoms. The van der Waals surface area contributed by atoms with Crippen molar-refractivity contribution in [2.45, 2.75) is 57.9 Å². The molecule has 0 spiro atoms. The van der Waals surface area contributed by atoms with Gasteiger partial charge in [-0.3, -0.25) is 0 Å². The van der Waals surface area contributed by atoms with Crippen LogP contribution in [0.15, 0.2) is 11.0 Å². The molecular weight excluding hydrogens is 304 g/mol. The van der Waals surface area contributed by atoms with Gasteiger partial charge in [-0.15, -0.1) is 11.3 Å². The molecule has 1 fully saturated rings. The molecule has 0 saturated heterocycles. The van der Waals surface area contributed by atoms with Crippen LogP contribution in [0, 0.1) is 12.3 Å². The Balaban J connectivity index is 2.02. The first-order chi connectivity index (χ1) is 9.92. The average molecular weight is 331 g/mol. The molecule has 0 unspecified atom stereocenters. The largest absolute Gasteiger partial charge is 0.312 e. The van der Waals surface area contributed by atoms with Gasteiger partial charge in [0, 0.05) is 22.8 Å². The maximum atomic E-state index is 12.5. The summed E-state index contributed by atoms with van der Waals surface area (Å²) in [6, 6.07) is 1.82. The van der Waals surface area contributed by atoms with Crippen molar-refractivity contribution >= 4 is 21.4 Å². The van der Waals surface area contributed by atoms with Crippen molar-refractivity contribution < 1.29 is 8.42 Å². The van der Waals surface area contributed by atoms with Crippen LogP contribution in [0.1, 0.15) is 49.3 Å². The van der Waals surface area contributed by atoms with Crippen LogP contribution in [0.5, 0.6) is 0 Å². The van der Waals surface area contributed by atoms with E-state index in [9.17, 15) is 8.42 Å². The van der Waals surface area contributed by atoms with E-state index in [0.29, 0.717) is 11.4 Å². The van der Waals surface area contributed by atoms with Crippen LogP contribution in [0.2, 0.25) is 0 Å². The minimum absolute atomic E-state index is 0.225. The van der Waals surface area contributed by atoms with Crippen molar-refractivity contribution in [3.05, 3.63) is 15.8 Å². The van der Waals surface area contributed by atoms with Crippen LogP contribution in [0.4, 0.5) is 0 Å². The zero-order valence-electron chi connectivity index (χ0n) is 13.2. The standard InChI is InChI=1S/C15H26N2O2S2/c1-4-8-16-10-13-9-14(12(3)20-13)21(18,19)17-11-15(5-2)6-7-15/h9,16-17H,4-8,10-11H2,1-3H3. The third-order valence-corrected chi connectivity index (χ3v) is 6.99. The maximum Gasteiger partial charge on any atom is 0.241 e. The Bertz CT molecular complexity index is 574. The molecule has 1 saturated carbocycles. The highest BCUT2D eigenvalue weighted by Gasteiger charge is 2.41. The molecule has 4 nitrogen and oxygen atoms in total. The summed E-state index contributed by atoms with van der Waals surface area (Å²) in [5.41, 5.74) is 0.225. The topological polar surface area (TPSA) is 58.2 Å². The normalized spacial score (nSPS) is 17.1. The summed E-state index contributed by atoms with van der Waals surface area (Å²) < 4.78 is 27.7. The first-order valence-electron chi connectivity index (χ1n) is 7.72. The summed E-state index contributed by atoms with van der Waals surface area (Å²) in [6.07, 6.45) is 4.40. The number of hydrogen-bond donors (Lipinski definition) is 2. The Labute approximate surface area is 132 Å². The highest BCUT2D eigenvalue weighted by atomic mass is 32.2. The van der Waals surface area contributed by atoms with Gasteiger partial charge in [0.05, 0.1) is 4.90 Å². The summed E-state index contributed by atoms with van der Waals surface area (Å²) >= 11 is 1.56. The van der Waals surface area contributed by atoms with Crippen molar-refractivity contribution in [3.8, 4) is 0 Å². The van der Waals surface area contributed by atoms with E-state index in [-0.39, 0.29) is 5.41 Å². The van der Waals surface area contributed by atoms with Gasteiger partial charge < -0.3 is 5.32 Å². The predicted octanol–water partition coefficient (Wildman–Crippen LogP) is 3.02. The highest BCUT2D eigenvalue weighted by Crippen LogP contribution is 2.48. The van der Waals surface area contributed by atoms with Crippen LogP contribution in [-0.4, -0.2) is 21.5 Å². The molecule has 1 heterocycles. The average Bonchev–Trinajstić information content (AvgIpc) is 3.14. The lowest BCUT2D eigenvalue weighted by atomic mass is 10.1. The van der Waals surface area contributed by atoms with E-state index < -0.39 is 10.0 Å². The molecular formula is C15H26N2O2S2. The second-order valence-electron chi connectivity index (χ2n) is 5.99. The van der Waals surface area contributed by atoms with E-state index in [1.54, 1.807) is 11.3 Å². The molecule has 0 amide bonds. The fraction of sp³-hybridized carbons (Fsp3) is 0.733. The summed E-state index contributed by atoms with van der Waals surface area (Å²) in [5, 5.41) is 3.31. The molecule has 1 aliphatic carbocycles. The van der Waals surface area contributed by atoms with E-state index in [2.05, 4.69) is 23.9 Å². The van der Waals surface area contributed by atoms with Crippen LogP contribution in [-0.2, 0) is 16.6 Å². The first-order valence-corrected chi connectivity index (χ1v) is 10.0. The SMILES string of the molecule is CCCNCc1cc(S(=O)(=O)NCC2(CC)CC2)c(C)s1. The van der Waals surface area contributed by atoms with Gasteiger partial charge in [0.25, 0.3) is 0 Å². The molecule has 1 aromatic heterocycles. The molecule has 1 aromatic rings. The van der Waals surface area contributed by atoms with Gasteiger partial charge in [-0.05, 0) is 50.6 Å². The van der Waals surface area contributed by atoms with E-state index in [4.69, 9.17) is 0 Å². The molecule has 2 rings (SSSR count). The lowest BCUT2D eigenvalue weighted by Gasteiger charge is -2.13. The molecule has 21 heavy (non-hydrogen) atoms. The van der Waals surface area contributed by atoms with Crippen LogP contribution < -0.4 is 10.0 Å². The van der Waals surface area contributed by atoms with Gasteiger partial charge in [-0.25, -0.2) is 13.1 Å². The van der Waals surface area contributed by atoms with Gasteiger partial charge in [0.1, 0.15) is 0 Å². The lowest BCUT2D eigenvalue weighted by Crippen LogP contribution is -2.30. The fourth-order valence-electron chi connectivity index (χ4n) is 2.42. The molecule has 0 radical (unpaired) electrons. The number of sulfonamides is 1. The van der Waals surface area contributed by atoms with Crippen molar-refractivity contribution in [1.82, 2.24) is 10.0 Å². The van der Waals surface area contributed by atoms with Crippen molar-refractivity contribution in [1.29, 1.82) is 0 Å².